The van der Waals surface area contributed by atoms with Crippen LogP contribution in [0.3, 0.4) is 0 Å². The van der Waals surface area contributed by atoms with Crippen LogP contribution >= 0.6 is 39.0 Å². The lowest BCUT2D eigenvalue weighted by Gasteiger charge is -2.22. The van der Waals surface area contributed by atoms with Crippen molar-refractivity contribution in [2.75, 3.05) is 5.75 Å². The van der Waals surface area contributed by atoms with E-state index in [4.69, 9.17) is 5.10 Å². The summed E-state index contributed by atoms with van der Waals surface area (Å²) in [7, 11) is 0. The average Bonchev–Trinajstić information content (AvgIpc) is 3.69. The van der Waals surface area contributed by atoms with Crippen LogP contribution in [0.15, 0.2) is 111 Å². The quantitative estimate of drug-likeness (QED) is 0.176. The molecule has 2 aromatic heterocycles. The molecule has 0 bridgehead atoms. The SMILES string of the molecule is Cc1ccc([C@H]2CC(c3cccs3)=NN2C(=O)CSc2cn(Cc3ccc(Br)cc3)c3ccccc23)cc1. The highest BCUT2D eigenvalue weighted by Crippen LogP contribution is 2.36. The van der Waals surface area contributed by atoms with Crippen molar-refractivity contribution in [3.05, 3.63) is 123 Å². The number of para-hydroxylation sites is 1. The summed E-state index contributed by atoms with van der Waals surface area (Å²) >= 11 is 6.78. The minimum absolute atomic E-state index is 0.0249. The molecule has 0 aliphatic carbocycles. The van der Waals surface area contributed by atoms with Crippen molar-refractivity contribution >= 4 is 61.6 Å². The molecule has 1 aliphatic heterocycles. The number of amides is 1. The van der Waals surface area contributed by atoms with Crippen LogP contribution in [0, 0.1) is 6.92 Å². The van der Waals surface area contributed by atoms with E-state index in [2.05, 4.69) is 118 Å². The van der Waals surface area contributed by atoms with Gasteiger partial charge in [-0.1, -0.05) is 82.2 Å². The van der Waals surface area contributed by atoms with Gasteiger partial charge >= 0.3 is 0 Å². The van der Waals surface area contributed by atoms with Crippen LogP contribution in [0.1, 0.15) is 34.0 Å². The number of hydrogen-bond donors (Lipinski definition) is 0. The molecule has 0 spiro atoms. The summed E-state index contributed by atoms with van der Waals surface area (Å²) in [6.07, 6.45) is 2.90. The van der Waals surface area contributed by atoms with E-state index in [0.717, 1.165) is 38.5 Å². The first kappa shape index (κ1) is 25.2. The first-order valence-electron chi connectivity index (χ1n) is 12.5. The van der Waals surface area contributed by atoms with Gasteiger partial charge in [0.05, 0.1) is 22.4 Å². The highest BCUT2D eigenvalue weighted by atomic mass is 79.9. The van der Waals surface area contributed by atoms with Crippen LogP contribution in [-0.2, 0) is 11.3 Å². The van der Waals surface area contributed by atoms with Gasteiger partial charge in [-0.2, -0.15) is 5.10 Å². The summed E-state index contributed by atoms with van der Waals surface area (Å²) in [6, 6.07) is 29.3. The van der Waals surface area contributed by atoms with Crippen LogP contribution in [0.2, 0.25) is 0 Å². The van der Waals surface area contributed by atoms with E-state index in [9.17, 15) is 4.79 Å². The van der Waals surface area contributed by atoms with Crippen LogP contribution in [-0.4, -0.2) is 26.9 Å². The molecule has 4 nitrogen and oxygen atoms in total. The van der Waals surface area contributed by atoms with Gasteiger partial charge in [-0.3, -0.25) is 4.79 Å². The molecule has 3 aromatic carbocycles. The third-order valence-electron chi connectivity index (χ3n) is 6.80. The number of fused-ring (bicyclic) bond motifs is 1. The Morgan fingerprint density at radius 3 is 2.58 bits per heavy atom. The summed E-state index contributed by atoms with van der Waals surface area (Å²) in [4.78, 5) is 15.9. The number of aryl methyl sites for hydroxylation is 1. The summed E-state index contributed by atoms with van der Waals surface area (Å²) in [5, 5.41) is 9.78. The van der Waals surface area contributed by atoms with E-state index in [1.54, 1.807) is 28.1 Å². The summed E-state index contributed by atoms with van der Waals surface area (Å²) in [5.74, 6) is 0.354. The first-order chi connectivity index (χ1) is 18.5. The predicted molar refractivity (Wildman–Crippen MR) is 162 cm³/mol. The Kier molecular flexibility index (Phi) is 7.24. The fourth-order valence-corrected chi connectivity index (χ4v) is 6.76. The van der Waals surface area contributed by atoms with Crippen molar-refractivity contribution in [1.82, 2.24) is 9.58 Å². The molecule has 190 valence electrons. The fourth-order valence-electron chi connectivity index (χ4n) is 4.83. The minimum atomic E-state index is -0.0838. The number of aromatic nitrogens is 1. The van der Waals surface area contributed by atoms with Crippen molar-refractivity contribution in [1.29, 1.82) is 0 Å². The molecule has 0 unspecified atom stereocenters. The van der Waals surface area contributed by atoms with Crippen LogP contribution < -0.4 is 0 Å². The van der Waals surface area contributed by atoms with Gasteiger partial charge in [0.2, 0.25) is 0 Å². The Labute approximate surface area is 239 Å². The van der Waals surface area contributed by atoms with Crippen molar-refractivity contribution in [3.8, 4) is 0 Å². The van der Waals surface area contributed by atoms with E-state index in [-0.39, 0.29) is 11.9 Å². The lowest BCUT2D eigenvalue weighted by Crippen LogP contribution is -2.28. The molecule has 0 radical (unpaired) electrons. The van der Waals surface area contributed by atoms with E-state index < -0.39 is 0 Å². The van der Waals surface area contributed by atoms with Gasteiger partial charge in [0.1, 0.15) is 0 Å². The number of hydrazone groups is 1. The zero-order valence-electron chi connectivity index (χ0n) is 20.9. The lowest BCUT2D eigenvalue weighted by molar-refractivity contribution is -0.130. The molecule has 3 heterocycles. The molecule has 0 N–H and O–H groups in total. The van der Waals surface area contributed by atoms with E-state index in [0.29, 0.717) is 5.75 Å². The van der Waals surface area contributed by atoms with Crippen LogP contribution in [0.25, 0.3) is 10.9 Å². The number of carbonyl (C=O) groups excluding carboxylic acids is 1. The van der Waals surface area contributed by atoms with Gasteiger partial charge in [0, 0.05) is 39.4 Å². The zero-order valence-corrected chi connectivity index (χ0v) is 24.1. The van der Waals surface area contributed by atoms with E-state index in [1.165, 1.54) is 22.0 Å². The van der Waals surface area contributed by atoms with Gasteiger partial charge in [0.25, 0.3) is 5.91 Å². The van der Waals surface area contributed by atoms with Crippen LogP contribution in [0.4, 0.5) is 0 Å². The third kappa shape index (κ3) is 5.23. The van der Waals surface area contributed by atoms with Crippen molar-refractivity contribution in [2.24, 2.45) is 5.10 Å². The Morgan fingerprint density at radius 2 is 1.82 bits per heavy atom. The molecule has 1 atom stereocenters. The van der Waals surface area contributed by atoms with Crippen molar-refractivity contribution in [2.45, 2.75) is 30.8 Å². The van der Waals surface area contributed by atoms with Crippen LogP contribution in [0.5, 0.6) is 0 Å². The van der Waals surface area contributed by atoms with E-state index >= 15 is 0 Å². The predicted octanol–water partition coefficient (Wildman–Crippen LogP) is 8.29. The average molecular weight is 601 g/mol. The molecule has 0 fully saturated rings. The standard InChI is InChI=1S/C31H26BrN3OS2/c1-21-8-12-23(13-9-21)28-17-26(29-7-4-16-37-29)33-35(28)31(36)20-38-30-19-34(27-6-3-2-5-25(27)30)18-22-10-14-24(32)15-11-22/h2-16,19,28H,17-18,20H2,1H3/t28-/m1/s1. The Bertz CT molecular complexity index is 1610. The maximum atomic E-state index is 13.6. The first-order valence-corrected chi connectivity index (χ1v) is 15.2. The van der Waals surface area contributed by atoms with Gasteiger partial charge in [-0.05, 0) is 47.7 Å². The lowest BCUT2D eigenvalue weighted by atomic mass is 10.00. The summed E-state index contributed by atoms with van der Waals surface area (Å²) in [6.45, 7) is 2.86. The number of rotatable bonds is 7. The number of nitrogens with zero attached hydrogens (tertiary/aromatic N) is 3. The molecule has 0 saturated heterocycles. The molecule has 0 saturated carbocycles. The summed E-state index contributed by atoms with van der Waals surface area (Å²) in [5.41, 5.74) is 5.71. The highest BCUT2D eigenvalue weighted by molar-refractivity contribution is 9.10. The molecule has 38 heavy (non-hydrogen) atoms. The molecule has 7 heteroatoms. The molecule has 1 aliphatic rings. The van der Waals surface area contributed by atoms with Crippen molar-refractivity contribution < 1.29 is 4.79 Å². The van der Waals surface area contributed by atoms with Gasteiger partial charge < -0.3 is 4.57 Å². The van der Waals surface area contributed by atoms with Gasteiger partial charge in [-0.15, -0.1) is 23.1 Å². The van der Waals surface area contributed by atoms with Crippen molar-refractivity contribution in [3.63, 3.8) is 0 Å². The number of halogens is 1. The molecule has 1 amide bonds. The molecule has 6 rings (SSSR count). The van der Waals surface area contributed by atoms with Gasteiger partial charge in [-0.25, -0.2) is 5.01 Å². The second-order valence-corrected chi connectivity index (χ2v) is 12.3. The normalized spacial score (nSPS) is 15.3. The second-order valence-electron chi connectivity index (χ2n) is 9.45. The number of carbonyl (C=O) groups is 1. The third-order valence-corrected chi connectivity index (χ3v) is 9.28. The molecular weight excluding hydrogens is 574 g/mol. The maximum Gasteiger partial charge on any atom is 0.253 e. The Hall–Kier alpha value is -3.13. The topological polar surface area (TPSA) is 37.6 Å². The Balaban J connectivity index is 1.24. The highest BCUT2D eigenvalue weighted by Gasteiger charge is 2.33. The monoisotopic (exact) mass is 599 g/mol. The summed E-state index contributed by atoms with van der Waals surface area (Å²) < 4.78 is 3.34. The smallest absolute Gasteiger partial charge is 0.253 e. The molecular formula is C31H26BrN3OS2. The number of benzene rings is 3. The number of hydrogen-bond acceptors (Lipinski definition) is 4. The zero-order chi connectivity index (χ0) is 26.1. The largest absolute Gasteiger partial charge is 0.342 e. The van der Waals surface area contributed by atoms with E-state index in [1.807, 2.05) is 6.07 Å². The van der Waals surface area contributed by atoms with Gasteiger partial charge in [0.15, 0.2) is 0 Å². The second kappa shape index (κ2) is 10.9. The molecule has 5 aromatic rings. The fraction of sp³-hybridized carbons (Fsp3) is 0.161. The number of thiophene rings is 1. The Morgan fingerprint density at radius 1 is 1.03 bits per heavy atom. The maximum absolute atomic E-state index is 13.6. The minimum Gasteiger partial charge on any atom is -0.342 e. The number of thioether (sulfide) groups is 1.